The van der Waals surface area contributed by atoms with Crippen molar-refractivity contribution in [2.24, 2.45) is 0 Å². The van der Waals surface area contributed by atoms with E-state index >= 15 is 0 Å². The minimum atomic E-state index is -0.0712. The Balaban J connectivity index is 1.39. The van der Waals surface area contributed by atoms with Gasteiger partial charge in [-0.3, -0.25) is 14.7 Å². The van der Waals surface area contributed by atoms with Crippen LogP contribution in [0, 0.1) is 0 Å². The molecular weight excluding hydrogens is 364 g/mol. The van der Waals surface area contributed by atoms with Crippen molar-refractivity contribution in [1.82, 2.24) is 9.88 Å². The van der Waals surface area contributed by atoms with Crippen molar-refractivity contribution >= 4 is 28.2 Å². The van der Waals surface area contributed by atoms with E-state index in [9.17, 15) is 4.79 Å². The lowest BCUT2D eigenvalue weighted by Gasteiger charge is -2.39. The van der Waals surface area contributed by atoms with Gasteiger partial charge in [-0.05, 0) is 61.7 Å². The number of fused-ring (bicyclic) bond motifs is 3. The van der Waals surface area contributed by atoms with Crippen LogP contribution < -0.4 is 9.80 Å². The van der Waals surface area contributed by atoms with Crippen LogP contribution in [0.3, 0.4) is 0 Å². The molecule has 2 fully saturated rings. The molecule has 1 aromatic carbocycles. The number of nitrogens with zero attached hydrogens (tertiary/aromatic N) is 4. The van der Waals surface area contributed by atoms with Gasteiger partial charge in [-0.15, -0.1) is 0 Å². The molecule has 3 aliphatic rings. The average molecular weight is 388 g/mol. The predicted octanol–water partition coefficient (Wildman–Crippen LogP) is 3.32. The Morgan fingerprint density at radius 2 is 2.07 bits per heavy atom. The van der Waals surface area contributed by atoms with E-state index in [1.165, 1.54) is 30.6 Å². The molecule has 0 spiro atoms. The van der Waals surface area contributed by atoms with E-state index in [4.69, 9.17) is 4.42 Å². The molecule has 3 aromatic rings. The monoisotopic (exact) mass is 388 g/mol. The van der Waals surface area contributed by atoms with E-state index in [1.54, 1.807) is 18.4 Å². The molecule has 0 saturated carbocycles. The third-order valence-corrected chi connectivity index (χ3v) is 6.72. The fourth-order valence-corrected chi connectivity index (χ4v) is 5.24. The maximum Gasteiger partial charge on any atom is 0.293 e. The number of aromatic nitrogens is 1. The second-order valence-electron chi connectivity index (χ2n) is 8.29. The summed E-state index contributed by atoms with van der Waals surface area (Å²) in [5, 5.41) is 1.14. The minimum Gasteiger partial charge on any atom is -0.459 e. The van der Waals surface area contributed by atoms with Gasteiger partial charge in [0.15, 0.2) is 5.76 Å². The molecule has 2 saturated heterocycles. The van der Waals surface area contributed by atoms with E-state index in [0.29, 0.717) is 18.3 Å². The van der Waals surface area contributed by atoms with Crippen LogP contribution in [0.5, 0.6) is 0 Å². The Kier molecular flexibility index (Phi) is 3.87. The predicted molar refractivity (Wildman–Crippen MR) is 113 cm³/mol. The van der Waals surface area contributed by atoms with Crippen LogP contribution in [-0.4, -0.2) is 54.6 Å². The zero-order chi connectivity index (χ0) is 19.4. The van der Waals surface area contributed by atoms with Crippen LogP contribution >= 0.6 is 0 Å². The largest absolute Gasteiger partial charge is 0.459 e. The number of carbonyl (C=O) groups is 1. The zero-order valence-electron chi connectivity index (χ0n) is 16.4. The first-order valence-electron chi connectivity index (χ1n) is 10.5. The Labute approximate surface area is 169 Å². The summed E-state index contributed by atoms with van der Waals surface area (Å²) in [6, 6.07) is 10.6. The Hall–Kier alpha value is -2.86. The first-order chi connectivity index (χ1) is 14.3. The van der Waals surface area contributed by atoms with Crippen LogP contribution in [0.25, 0.3) is 10.9 Å². The fourth-order valence-electron chi connectivity index (χ4n) is 5.24. The van der Waals surface area contributed by atoms with Gasteiger partial charge in [0.2, 0.25) is 0 Å². The molecule has 2 aromatic heterocycles. The molecule has 29 heavy (non-hydrogen) atoms. The number of pyridine rings is 1. The van der Waals surface area contributed by atoms with Gasteiger partial charge in [0.1, 0.15) is 0 Å². The van der Waals surface area contributed by atoms with Crippen LogP contribution in [0.2, 0.25) is 0 Å². The molecule has 3 aliphatic heterocycles. The normalized spacial score (nSPS) is 21.6. The number of amides is 1. The summed E-state index contributed by atoms with van der Waals surface area (Å²) >= 11 is 0. The number of anilines is 2. The van der Waals surface area contributed by atoms with Crippen LogP contribution in [0.1, 0.15) is 29.0 Å². The number of hydrogen-bond acceptors (Lipinski definition) is 5. The molecule has 148 valence electrons. The molecule has 0 radical (unpaired) electrons. The van der Waals surface area contributed by atoms with Crippen molar-refractivity contribution in [2.75, 3.05) is 42.5 Å². The van der Waals surface area contributed by atoms with Crippen molar-refractivity contribution < 1.29 is 9.21 Å². The summed E-state index contributed by atoms with van der Waals surface area (Å²) in [5.41, 5.74) is 4.43. The van der Waals surface area contributed by atoms with Crippen LogP contribution in [0.4, 0.5) is 11.4 Å². The maximum absolute atomic E-state index is 12.9. The van der Waals surface area contributed by atoms with E-state index < -0.39 is 0 Å². The van der Waals surface area contributed by atoms with Crippen molar-refractivity contribution in [3.05, 3.63) is 54.1 Å². The van der Waals surface area contributed by atoms with Gasteiger partial charge in [-0.25, -0.2) is 0 Å². The Bertz CT molecular complexity index is 1080. The second-order valence-corrected chi connectivity index (χ2v) is 8.29. The quantitative estimate of drug-likeness (QED) is 0.674. The molecule has 0 aliphatic carbocycles. The van der Waals surface area contributed by atoms with Gasteiger partial charge in [0.25, 0.3) is 5.91 Å². The zero-order valence-corrected chi connectivity index (χ0v) is 16.4. The molecule has 6 rings (SSSR count). The van der Waals surface area contributed by atoms with E-state index in [1.807, 2.05) is 11.1 Å². The summed E-state index contributed by atoms with van der Waals surface area (Å²) in [5.74, 6) is 0.319. The van der Waals surface area contributed by atoms with Crippen molar-refractivity contribution in [2.45, 2.75) is 25.3 Å². The number of rotatable bonds is 2. The minimum absolute atomic E-state index is 0.0712. The lowest BCUT2D eigenvalue weighted by Crippen LogP contribution is -2.50. The van der Waals surface area contributed by atoms with Crippen LogP contribution in [0.15, 0.2) is 47.2 Å². The lowest BCUT2D eigenvalue weighted by molar-refractivity contribution is 0.0963. The number of furan rings is 1. The van der Waals surface area contributed by atoms with Gasteiger partial charge < -0.3 is 14.2 Å². The van der Waals surface area contributed by atoms with Gasteiger partial charge in [0, 0.05) is 55.2 Å². The molecule has 6 heteroatoms. The molecule has 0 N–H and O–H groups in total. The summed E-state index contributed by atoms with van der Waals surface area (Å²) in [6.07, 6.45) is 6.93. The first kappa shape index (κ1) is 17.0. The third-order valence-electron chi connectivity index (χ3n) is 6.72. The number of benzene rings is 1. The topological polar surface area (TPSA) is 52.8 Å². The number of piperazine rings is 1. The second kappa shape index (κ2) is 6.59. The fraction of sp³-hybridized carbons (Fsp3) is 0.391. The van der Waals surface area contributed by atoms with E-state index in [2.05, 4.69) is 33.0 Å². The Morgan fingerprint density at radius 1 is 1.10 bits per heavy atom. The van der Waals surface area contributed by atoms with Crippen molar-refractivity contribution in [3.8, 4) is 0 Å². The Morgan fingerprint density at radius 3 is 2.97 bits per heavy atom. The van der Waals surface area contributed by atoms with Crippen LogP contribution in [-0.2, 0) is 6.42 Å². The van der Waals surface area contributed by atoms with Gasteiger partial charge in [-0.1, -0.05) is 0 Å². The molecular formula is C23H24N4O2. The highest BCUT2D eigenvalue weighted by molar-refractivity contribution is 6.07. The molecule has 1 unspecified atom stereocenters. The van der Waals surface area contributed by atoms with Crippen molar-refractivity contribution in [3.63, 3.8) is 0 Å². The molecule has 6 nitrogen and oxygen atoms in total. The maximum atomic E-state index is 12.9. The SMILES string of the molecule is O=C(c1ccco1)N1CCc2cc3nccc(N4CCN5CCCC5C4)c3cc21. The number of hydrogen-bond donors (Lipinski definition) is 0. The lowest BCUT2D eigenvalue weighted by atomic mass is 10.1. The molecule has 0 bridgehead atoms. The average Bonchev–Trinajstić information content (AvgIpc) is 3.51. The highest BCUT2D eigenvalue weighted by atomic mass is 16.3. The summed E-state index contributed by atoms with van der Waals surface area (Å²) in [4.78, 5) is 24.5. The first-order valence-corrected chi connectivity index (χ1v) is 10.5. The van der Waals surface area contributed by atoms with Gasteiger partial charge in [-0.2, -0.15) is 0 Å². The van der Waals surface area contributed by atoms with Gasteiger partial charge >= 0.3 is 0 Å². The van der Waals surface area contributed by atoms with E-state index in [0.717, 1.165) is 42.6 Å². The smallest absolute Gasteiger partial charge is 0.293 e. The summed E-state index contributed by atoms with van der Waals surface area (Å²) in [7, 11) is 0. The summed E-state index contributed by atoms with van der Waals surface area (Å²) in [6.45, 7) is 5.17. The van der Waals surface area contributed by atoms with Gasteiger partial charge in [0.05, 0.1) is 11.8 Å². The molecule has 1 atom stereocenters. The standard InChI is InChI=1S/C23H24N4O2/c28-23(22-4-2-12-29-22)27-9-6-16-13-19-18(14-21(16)27)20(5-7-24-19)26-11-10-25-8-1-3-17(25)15-26/h2,4-5,7,12-14,17H,1,3,6,8-11,15H2. The number of carbonyl (C=O) groups excluding carboxylic acids is 1. The highest BCUT2D eigenvalue weighted by Crippen LogP contribution is 2.37. The highest BCUT2D eigenvalue weighted by Gasteiger charge is 2.32. The van der Waals surface area contributed by atoms with Crippen molar-refractivity contribution in [1.29, 1.82) is 0 Å². The summed E-state index contributed by atoms with van der Waals surface area (Å²) < 4.78 is 5.35. The molecule has 1 amide bonds. The molecule has 5 heterocycles. The van der Waals surface area contributed by atoms with E-state index in [-0.39, 0.29) is 5.91 Å². The third kappa shape index (κ3) is 2.74.